The first kappa shape index (κ1) is 9.07. The average molecular weight is 205 g/mol. The lowest BCUT2D eigenvalue weighted by Gasteiger charge is -2.20. The maximum Gasteiger partial charge on any atom is 0.171 e. The van der Waals surface area contributed by atoms with Gasteiger partial charge in [-0.15, -0.1) is 5.10 Å². The average Bonchev–Trinajstić information content (AvgIpc) is 2.92. The summed E-state index contributed by atoms with van der Waals surface area (Å²) in [5.74, 6) is 2.64. The molecule has 1 aromatic heterocycles. The molecule has 0 amide bonds. The molecule has 3 rings (SSSR count). The van der Waals surface area contributed by atoms with Crippen molar-refractivity contribution in [1.29, 1.82) is 0 Å². The number of carbonyl (C=O) groups is 1. The molecule has 2 saturated carbocycles. The van der Waals surface area contributed by atoms with Gasteiger partial charge in [0.2, 0.25) is 0 Å². The molecule has 1 heterocycles. The summed E-state index contributed by atoms with van der Waals surface area (Å²) in [6.45, 7) is 0.946. The third kappa shape index (κ3) is 1.58. The fraction of sp³-hybridized carbons (Fsp3) is 0.727. The van der Waals surface area contributed by atoms with E-state index in [0.29, 0.717) is 5.69 Å². The quantitative estimate of drug-likeness (QED) is 0.703. The van der Waals surface area contributed by atoms with Gasteiger partial charge in [0.15, 0.2) is 6.29 Å². The second kappa shape index (κ2) is 3.43. The van der Waals surface area contributed by atoms with Crippen molar-refractivity contribution >= 4 is 6.29 Å². The summed E-state index contributed by atoms with van der Waals surface area (Å²) >= 11 is 0. The molecule has 1 aromatic rings. The molecule has 4 heteroatoms. The van der Waals surface area contributed by atoms with Crippen molar-refractivity contribution in [3.05, 3.63) is 11.9 Å². The van der Waals surface area contributed by atoms with Gasteiger partial charge >= 0.3 is 0 Å². The highest BCUT2D eigenvalue weighted by atomic mass is 16.1. The molecule has 80 valence electrons. The van der Waals surface area contributed by atoms with Crippen LogP contribution in [0.4, 0.5) is 0 Å². The highest BCUT2D eigenvalue weighted by Gasteiger charge is 2.39. The Morgan fingerprint density at radius 2 is 2.40 bits per heavy atom. The Labute approximate surface area is 88.7 Å². The summed E-state index contributed by atoms with van der Waals surface area (Å²) in [7, 11) is 0. The summed E-state index contributed by atoms with van der Waals surface area (Å²) in [6, 6.07) is 0. The maximum absolute atomic E-state index is 10.5. The zero-order chi connectivity index (χ0) is 10.3. The van der Waals surface area contributed by atoms with Gasteiger partial charge < -0.3 is 0 Å². The van der Waals surface area contributed by atoms with E-state index in [9.17, 15) is 4.79 Å². The molecule has 0 N–H and O–H groups in total. The van der Waals surface area contributed by atoms with Crippen molar-refractivity contribution in [2.45, 2.75) is 32.2 Å². The summed E-state index contributed by atoms with van der Waals surface area (Å²) in [5.41, 5.74) is 0.443. The number of rotatable bonds is 3. The van der Waals surface area contributed by atoms with Crippen LogP contribution in [0.1, 0.15) is 36.2 Å². The molecule has 0 aromatic carbocycles. The lowest BCUT2D eigenvalue weighted by molar-refractivity contribution is 0.111. The molecular weight excluding hydrogens is 190 g/mol. The monoisotopic (exact) mass is 205 g/mol. The number of hydrogen-bond donors (Lipinski definition) is 0. The zero-order valence-corrected chi connectivity index (χ0v) is 8.67. The van der Waals surface area contributed by atoms with Crippen molar-refractivity contribution in [2.24, 2.45) is 17.8 Å². The molecule has 3 unspecified atom stereocenters. The highest BCUT2D eigenvalue weighted by molar-refractivity contribution is 5.70. The van der Waals surface area contributed by atoms with Gasteiger partial charge in [0.1, 0.15) is 5.69 Å². The van der Waals surface area contributed by atoms with Gasteiger partial charge in [0.25, 0.3) is 0 Å². The Morgan fingerprint density at radius 1 is 1.47 bits per heavy atom. The number of fused-ring (bicyclic) bond motifs is 2. The maximum atomic E-state index is 10.5. The summed E-state index contributed by atoms with van der Waals surface area (Å²) in [6.07, 6.45) is 8.09. The molecule has 2 aliphatic rings. The smallest absolute Gasteiger partial charge is 0.171 e. The Kier molecular flexibility index (Phi) is 2.08. The Balaban J connectivity index is 1.68. The first-order valence-electron chi connectivity index (χ1n) is 5.70. The first-order chi connectivity index (χ1) is 7.35. The number of hydrogen-bond acceptors (Lipinski definition) is 3. The Hall–Kier alpha value is -1.19. The molecule has 0 radical (unpaired) electrons. The van der Waals surface area contributed by atoms with E-state index in [-0.39, 0.29) is 0 Å². The summed E-state index contributed by atoms with van der Waals surface area (Å²) in [4.78, 5) is 10.5. The van der Waals surface area contributed by atoms with Crippen molar-refractivity contribution in [2.75, 3.05) is 0 Å². The zero-order valence-electron chi connectivity index (χ0n) is 8.67. The van der Waals surface area contributed by atoms with Crippen LogP contribution in [0.2, 0.25) is 0 Å². The highest BCUT2D eigenvalue weighted by Crippen LogP contribution is 2.48. The van der Waals surface area contributed by atoms with Crippen LogP contribution < -0.4 is 0 Å². The standard InChI is InChI=1S/C11H15N3O/c15-7-11-6-14(13-12-11)5-10-4-8-1-2-9(10)3-8/h6-10H,1-5H2. The molecule has 2 fully saturated rings. The van der Waals surface area contributed by atoms with Gasteiger partial charge in [0.05, 0.1) is 6.20 Å². The summed E-state index contributed by atoms with van der Waals surface area (Å²) in [5, 5.41) is 7.75. The minimum atomic E-state index is 0.443. The molecule has 2 aliphatic carbocycles. The van der Waals surface area contributed by atoms with E-state index in [2.05, 4.69) is 10.3 Å². The van der Waals surface area contributed by atoms with Gasteiger partial charge in [0, 0.05) is 6.54 Å². The largest absolute Gasteiger partial charge is 0.296 e. The molecule has 0 spiro atoms. The first-order valence-corrected chi connectivity index (χ1v) is 5.70. The number of nitrogens with zero attached hydrogens (tertiary/aromatic N) is 3. The van der Waals surface area contributed by atoms with Crippen molar-refractivity contribution < 1.29 is 4.79 Å². The fourth-order valence-electron chi connectivity index (χ4n) is 3.30. The Morgan fingerprint density at radius 3 is 3.00 bits per heavy atom. The second-order valence-electron chi connectivity index (χ2n) is 4.92. The van der Waals surface area contributed by atoms with Crippen molar-refractivity contribution in [1.82, 2.24) is 15.0 Å². The number of aldehydes is 1. The third-order valence-corrected chi connectivity index (χ3v) is 3.98. The normalized spacial score (nSPS) is 33.5. The van der Waals surface area contributed by atoms with E-state index < -0.39 is 0 Å². The van der Waals surface area contributed by atoms with Crippen LogP contribution in [0.5, 0.6) is 0 Å². The van der Waals surface area contributed by atoms with Gasteiger partial charge in [-0.2, -0.15) is 0 Å². The van der Waals surface area contributed by atoms with Crippen LogP contribution in [0, 0.1) is 17.8 Å². The van der Waals surface area contributed by atoms with E-state index in [0.717, 1.165) is 30.6 Å². The predicted octanol–water partition coefficient (Wildman–Crippen LogP) is 1.53. The topological polar surface area (TPSA) is 47.8 Å². The molecule has 2 bridgehead atoms. The molecule has 15 heavy (non-hydrogen) atoms. The van der Waals surface area contributed by atoms with Crippen molar-refractivity contribution in [3.8, 4) is 0 Å². The summed E-state index contributed by atoms with van der Waals surface area (Å²) < 4.78 is 1.83. The van der Waals surface area contributed by atoms with E-state index in [4.69, 9.17) is 0 Å². The molecule has 0 aliphatic heterocycles. The van der Waals surface area contributed by atoms with Crippen LogP contribution in [-0.4, -0.2) is 21.3 Å². The van der Waals surface area contributed by atoms with E-state index in [1.54, 1.807) is 6.20 Å². The number of aromatic nitrogens is 3. The third-order valence-electron chi connectivity index (χ3n) is 3.98. The van der Waals surface area contributed by atoms with E-state index >= 15 is 0 Å². The van der Waals surface area contributed by atoms with Crippen LogP contribution in [-0.2, 0) is 6.54 Å². The van der Waals surface area contributed by atoms with Gasteiger partial charge in [-0.1, -0.05) is 11.6 Å². The van der Waals surface area contributed by atoms with Gasteiger partial charge in [-0.3, -0.25) is 9.48 Å². The second-order valence-corrected chi connectivity index (χ2v) is 4.92. The van der Waals surface area contributed by atoms with Crippen LogP contribution in [0.15, 0.2) is 6.20 Å². The Bertz CT molecular complexity index is 374. The lowest BCUT2D eigenvalue weighted by atomic mass is 9.89. The van der Waals surface area contributed by atoms with E-state index in [1.165, 1.54) is 25.7 Å². The SMILES string of the molecule is O=Cc1cn(CC2CC3CCC2C3)nn1. The molecule has 4 nitrogen and oxygen atoms in total. The van der Waals surface area contributed by atoms with E-state index in [1.807, 2.05) is 4.68 Å². The fourth-order valence-corrected chi connectivity index (χ4v) is 3.30. The number of carbonyl (C=O) groups excluding carboxylic acids is 1. The van der Waals surface area contributed by atoms with Gasteiger partial charge in [-0.05, 0) is 37.0 Å². The molecular formula is C11H15N3O. The minimum Gasteiger partial charge on any atom is -0.296 e. The molecule has 3 atom stereocenters. The molecule has 0 saturated heterocycles. The lowest BCUT2D eigenvalue weighted by Crippen LogP contribution is -2.17. The van der Waals surface area contributed by atoms with Crippen LogP contribution in [0.3, 0.4) is 0 Å². The van der Waals surface area contributed by atoms with Crippen molar-refractivity contribution in [3.63, 3.8) is 0 Å². The minimum absolute atomic E-state index is 0.443. The van der Waals surface area contributed by atoms with Gasteiger partial charge in [-0.25, -0.2) is 0 Å². The predicted molar refractivity (Wildman–Crippen MR) is 54.3 cm³/mol. The van der Waals surface area contributed by atoms with Crippen LogP contribution in [0.25, 0.3) is 0 Å². The van der Waals surface area contributed by atoms with Crippen LogP contribution >= 0.6 is 0 Å².